The lowest BCUT2D eigenvalue weighted by molar-refractivity contribution is -0.123. The Labute approximate surface area is 171 Å². The molecule has 4 nitrogen and oxygen atoms in total. The van der Waals surface area contributed by atoms with Gasteiger partial charge in [-0.25, -0.2) is 0 Å². The SMILES string of the molecule is Cc1ccccc1N1CCN(CC(=O)N[C@@H](C)c2ccc(Cl)c(Cl)c2)CC1. The summed E-state index contributed by atoms with van der Waals surface area (Å²) in [7, 11) is 0. The smallest absolute Gasteiger partial charge is 0.234 e. The number of carbonyl (C=O) groups is 1. The second-order valence-corrected chi connectivity index (χ2v) is 7.83. The van der Waals surface area contributed by atoms with Gasteiger partial charge in [-0.15, -0.1) is 0 Å². The van der Waals surface area contributed by atoms with Crippen molar-refractivity contribution in [1.29, 1.82) is 0 Å². The number of nitrogens with zero attached hydrogens (tertiary/aromatic N) is 2. The van der Waals surface area contributed by atoms with Gasteiger partial charge in [0.05, 0.1) is 22.6 Å². The first kappa shape index (κ1) is 20.0. The maximum absolute atomic E-state index is 12.4. The Bertz CT molecular complexity index is 804. The minimum absolute atomic E-state index is 0.0258. The molecule has 2 aromatic carbocycles. The van der Waals surface area contributed by atoms with E-state index in [0.717, 1.165) is 31.7 Å². The third-order valence-corrected chi connectivity index (χ3v) is 5.76. The Kier molecular flexibility index (Phi) is 6.64. The molecule has 0 aliphatic carbocycles. The number of nitrogens with one attached hydrogen (secondary N) is 1. The van der Waals surface area contributed by atoms with Gasteiger partial charge in [0.2, 0.25) is 5.91 Å². The maximum Gasteiger partial charge on any atom is 0.234 e. The molecule has 0 bridgehead atoms. The predicted octanol–water partition coefficient (Wildman–Crippen LogP) is 4.30. The summed E-state index contributed by atoms with van der Waals surface area (Å²) in [5.41, 5.74) is 3.52. The fourth-order valence-corrected chi connectivity index (χ4v) is 3.73. The Morgan fingerprint density at radius 1 is 1.07 bits per heavy atom. The van der Waals surface area contributed by atoms with Gasteiger partial charge in [0.1, 0.15) is 0 Å². The Hall–Kier alpha value is -1.75. The fraction of sp³-hybridized carbons (Fsp3) is 0.381. The molecule has 6 heteroatoms. The Balaban J connectivity index is 1.49. The minimum Gasteiger partial charge on any atom is -0.369 e. The number of aryl methyl sites for hydroxylation is 1. The van der Waals surface area contributed by atoms with Crippen LogP contribution in [0.3, 0.4) is 0 Å². The summed E-state index contributed by atoms with van der Waals surface area (Å²) in [5.74, 6) is 0.0258. The number of hydrogen-bond donors (Lipinski definition) is 1. The number of halogens is 2. The molecular formula is C21H25Cl2N3O. The van der Waals surface area contributed by atoms with Gasteiger partial charge in [0.25, 0.3) is 0 Å². The van der Waals surface area contributed by atoms with Crippen LogP contribution < -0.4 is 10.2 Å². The van der Waals surface area contributed by atoms with E-state index in [1.165, 1.54) is 11.3 Å². The summed E-state index contributed by atoms with van der Waals surface area (Å²) >= 11 is 12.0. The van der Waals surface area contributed by atoms with E-state index in [1.807, 2.05) is 13.0 Å². The van der Waals surface area contributed by atoms with Gasteiger partial charge >= 0.3 is 0 Å². The number of anilines is 1. The lowest BCUT2D eigenvalue weighted by atomic mass is 10.1. The van der Waals surface area contributed by atoms with Crippen LogP contribution in [0, 0.1) is 6.92 Å². The largest absolute Gasteiger partial charge is 0.369 e. The number of piperazine rings is 1. The van der Waals surface area contributed by atoms with E-state index in [1.54, 1.807) is 12.1 Å². The molecule has 144 valence electrons. The zero-order valence-electron chi connectivity index (χ0n) is 15.7. The number of para-hydroxylation sites is 1. The van der Waals surface area contributed by atoms with Crippen LogP contribution in [0.1, 0.15) is 24.1 Å². The van der Waals surface area contributed by atoms with Crippen LogP contribution in [0.2, 0.25) is 10.0 Å². The second kappa shape index (κ2) is 8.96. The molecule has 0 radical (unpaired) electrons. The van der Waals surface area contributed by atoms with Crippen molar-refractivity contribution < 1.29 is 4.79 Å². The summed E-state index contributed by atoms with van der Waals surface area (Å²) in [5, 5.41) is 4.07. The highest BCUT2D eigenvalue weighted by Crippen LogP contribution is 2.25. The lowest BCUT2D eigenvalue weighted by Gasteiger charge is -2.36. The van der Waals surface area contributed by atoms with Crippen LogP contribution in [0.4, 0.5) is 5.69 Å². The van der Waals surface area contributed by atoms with E-state index in [0.29, 0.717) is 16.6 Å². The number of benzene rings is 2. The first-order valence-electron chi connectivity index (χ1n) is 9.21. The van der Waals surface area contributed by atoms with Crippen LogP contribution in [-0.4, -0.2) is 43.5 Å². The molecule has 27 heavy (non-hydrogen) atoms. The monoisotopic (exact) mass is 405 g/mol. The van der Waals surface area contributed by atoms with E-state index in [-0.39, 0.29) is 11.9 Å². The van der Waals surface area contributed by atoms with E-state index in [2.05, 4.69) is 46.3 Å². The quantitative estimate of drug-likeness (QED) is 0.804. The highest BCUT2D eigenvalue weighted by atomic mass is 35.5. The van der Waals surface area contributed by atoms with Crippen molar-refractivity contribution in [2.45, 2.75) is 19.9 Å². The van der Waals surface area contributed by atoms with Gasteiger partial charge in [0.15, 0.2) is 0 Å². The van der Waals surface area contributed by atoms with Crippen molar-refractivity contribution in [2.75, 3.05) is 37.6 Å². The fourth-order valence-electron chi connectivity index (χ4n) is 3.42. The summed E-state index contributed by atoms with van der Waals surface area (Å²) < 4.78 is 0. The van der Waals surface area contributed by atoms with E-state index < -0.39 is 0 Å². The predicted molar refractivity (Wildman–Crippen MR) is 113 cm³/mol. The zero-order valence-corrected chi connectivity index (χ0v) is 17.2. The van der Waals surface area contributed by atoms with Crippen molar-refractivity contribution in [1.82, 2.24) is 10.2 Å². The van der Waals surface area contributed by atoms with Crippen LogP contribution >= 0.6 is 23.2 Å². The average Bonchev–Trinajstić information content (AvgIpc) is 2.65. The molecule has 0 aromatic heterocycles. The molecule has 1 fully saturated rings. The number of carbonyl (C=O) groups excluding carboxylic acids is 1. The van der Waals surface area contributed by atoms with Gasteiger partial charge in [-0.3, -0.25) is 9.69 Å². The molecule has 1 saturated heterocycles. The van der Waals surface area contributed by atoms with E-state index >= 15 is 0 Å². The standard InChI is InChI=1S/C21H25Cl2N3O/c1-15-5-3-4-6-20(15)26-11-9-25(10-12-26)14-21(27)24-16(2)17-7-8-18(22)19(23)13-17/h3-8,13,16H,9-12,14H2,1-2H3,(H,24,27)/t16-/m0/s1. The summed E-state index contributed by atoms with van der Waals surface area (Å²) in [6, 6.07) is 13.8. The van der Waals surface area contributed by atoms with Crippen molar-refractivity contribution in [3.63, 3.8) is 0 Å². The molecule has 1 amide bonds. The van der Waals surface area contributed by atoms with Crippen molar-refractivity contribution in [2.24, 2.45) is 0 Å². The molecule has 3 rings (SSSR count). The van der Waals surface area contributed by atoms with Crippen LogP contribution in [0.15, 0.2) is 42.5 Å². The van der Waals surface area contributed by atoms with Crippen LogP contribution in [-0.2, 0) is 4.79 Å². The first-order valence-corrected chi connectivity index (χ1v) is 9.97. The van der Waals surface area contributed by atoms with E-state index in [4.69, 9.17) is 23.2 Å². The molecule has 1 aliphatic heterocycles. The molecule has 1 aliphatic rings. The third-order valence-electron chi connectivity index (χ3n) is 5.02. The van der Waals surface area contributed by atoms with Gasteiger partial charge in [-0.05, 0) is 43.2 Å². The number of amides is 1. The van der Waals surface area contributed by atoms with Crippen molar-refractivity contribution >= 4 is 34.8 Å². The second-order valence-electron chi connectivity index (χ2n) is 7.01. The molecule has 2 aromatic rings. The lowest BCUT2D eigenvalue weighted by Crippen LogP contribution is -2.49. The molecular weight excluding hydrogens is 381 g/mol. The highest BCUT2D eigenvalue weighted by molar-refractivity contribution is 6.42. The molecule has 0 saturated carbocycles. The first-order chi connectivity index (χ1) is 12.9. The number of hydrogen-bond acceptors (Lipinski definition) is 3. The maximum atomic E-state index is 12.4. The van der Waals surface area contributed by atoms with E-state index in [9.17, 15) is 4.79 Å². The Morgan fingerprint density at radius 3 is 2.44 bits per heavy atom. The third kappa shape index (κ3) is 5.16. The molecule has 1 N–H and O–H groups in total. The van der Waals surface area contributed by atoms with Crippen molar-refractivity contribution in [3.8, 4) is 0 Å². The van der Waals surface area contributed by atoms with Crippen LogP contribution in [0.25, 0.3) is 0 Å². The summed E-state index contributed by atoms with van der Waals surface area (Å²) in [6.45, 7) is 8.12. The highest BCUT2D eigenvalue weighted by Gasteiger charge is 2.21. The Morgan fingerprint density at radius 2 is 1.78 bits per heavy atom. The van der Waals surface area contributed by atoms with Gasteiger partial charge in [-0.2, -0.15) is 0 Å². The van der Waals surface area contributed by atoms with Gasteiger partial charge in [0, 0.05) is 31.9 Å². The average molecular weight is 406 g/mol. The normalized spacial score (nSPS) is 16.2. The molecule has 0 spiro atoms. The summed E-state index contributed by atoms with van der Waals surface area (Å²) in [6.07, 6.45) is 0. The molecule has 1 atom stereocenters. The summed E-state index contributed by atoms with van der Waals surface area (Å²) in [4.78, 5) is 17.0. The molecule has 0 unspecified atom stereocenters. The van der Waals surface area contributed by atoms with Crippen LogP contribution in [0.5, 0.6) is 0 Å². The minimum atomic E-state index is -0.111. The molecule has 1 heterocycles. The number of rotatable bonds is 5. The van der Waals surface area contributed by atoms with Gasteiger partial charge < -0.3 is 10.2 Å². The van der Waals surface area contributed by atoms with Gasteiger partial charge in [-0.1, -0.05) is 47.5 Å². The topological polar surface area (TPSA) is 35.6 Å². The zero-order chi connectivity index (χ0) is 19.4. The van der Waals surface area contributed by atoms with Crippen molar-refractivity contribution in [3.05, 3.63) is 63.6 Å².